The Labute approximate surface area is 109 Å². The van der Waals surface area contributed by atoms with Crippen molar-refractivity contribution in [1.82, 2.24) is 4.90 Å². The first-order chi connectivity index (χ1) is 8.52. The van der Waals surface area contributed by atoms with Crippen molar-refractivity contribution in [2.45, 2.75) is 39.8 Å². The van der Waals surface area contributed by atoms with Crippen molar-refractivity contribution >= 4 is 5.84 Å². The van der Waals surface area contributed by atoms with E-state index in [0.717, 1.165) is 13.1 Å². The Morgan fingerprint density at radius 1 is 1.33 bits per heavy atom. The average Bonchev–Trinajstić information content (AvgIpc) is 2.35. The number of nitrogens with zero attached hydrogens (tertiary/aromatic N) is 2. The highest BCUT2D eigenvalue weighted by Gasteiger charge is 2.10. The Hall–Kier alpha value is -1.55. The highest BCUT2D eigenvalue weighted by molar-refractivity contribution is 5.79. The molecule has 0 saturated heterocycles. The molecule has 0 saturated carbocycles. The molecule has 0 spiro atoms. The molecule has 3 N–H and O–H groups in total. The molecule has 0 aliphatic heterocycles. The molecular formula is C14H23N3O. The van der Waals surface area contributed by atoms with Crippen molar-refractivity contribution in [3.8, 4) is 0 Å². The molecule has 4 nitrogen and oxygen atoms in total. The fourth-order valence-electron chi connectivity index (χ4n) is 1.76. The fraction of sp³-hybridized carbons (Fsp3) is 0.500. The summed E-state index contributed by atoms with van der Waals surface area (Å²) in [5.74, 6) is 0.282. The third-order valence-electron chi connectivity index (χ3n) is 3.02. The van der Waals surface area contributed by atoms with E-state index in [1.165, 1.54) is 11.1 Å². The van der Waals surface area contributed by atoms with Gasteiger partial charge >= 0.3 is 0 Å². The van der Waals surface area contributed by atoms with Gasteiger partial charge in [0.2, 0.25) is 0 Å². The van der Waals surface area contributed by atoms with Crippen LogP contribution in [0, 0.1) is 6.92 Å². The third-order valence-corrected chi connectivity index (χ3v) is 3.02. The van der Waals surface area contributed by atoms with Crippen LogP contribution in [0.15, 0.2) is 29.4 Å². The smallest absolute Gasteiger partial charge is 0.140 e. The van der Waals surface area contributed by atoms with E-state index in [-0.39, 0.29) is 5.84 Å². The summed E-state index contributed by atoms with van der Waals surface area (Å²) in [6, 6.07) is 8.97. The number of hydrogen-bond acceptors (Lipinski definition) is 3. The minimum absolute atomic E-state index is 0.282. The molecule has 1 aromatic rings. The molecule has 0 aromatic heterocycles. The van der Waals surface area contributed by atoms with E-state index in [1.54, 1.807) is 0 Å². The third kappa shape index (κ3) is 4.75. The molecule has 0 unspecified atom stereocenters. The zero-order valence-corrected chi connectivity index (χ0v) is 11.4. The highest BCUT2D eigenvalue weighted by Crippen LogP contribution is 2.10. The quantitative estimate of drug-likeness (QED) is 0.352. The van der Waals surface area contributed by atoms with Gasteiger partial charge in [0.05, 0.1) is 0 Å². The van der Waals surface area contributed by atoms with Crippen LogP contribution in [0.3, 0.4) is 0 Å². The van der Waals surface area contributed by atoms with Gasteiger partial charge < -0.3 is 10.9 Å². The van der Waals surface area contributed by atoms with E-state index in [2.05, 4.69) is 55.1 Å². The molecule has 0 heterocycles. The summed E-state index contributed by atoms with van der Waals surface area (Å²) in [5.41, 5.74) is 8.06. The number of rotatable bonds is 6. The molecule has 0 aliphatic rings. The van der Waals surface area contributed by atoms with Crippen molar-refractivity contribution < 1.29 is 5.21 Å². The second kappa shape index (κ2) is 7.01. The molecule has 0 radical (unpaired) electrons. The maximum atomic E-state index is 8.55. The predicted molar refractivity (Wildman–Crippen MR) is 74.8 cm³/mol. The molecule has 0 aliphatic carbocycles. The number of amidine groups is 1. The molecule has 0 atom stereocenters. The summed E-state index contributed by atoms with van der Waals surface area (Å²) in [4.78, 5) is 2.31. The van der Waals surface area contributed by atoms with Crippen molar-refractivity contribution in [1.29, 1.82) is 0 Å². The maximum absolute atomic E-state index is 8.55. The van der Waals surface area contributed by atoms with Crippen molar-refractivity contribution in [3.05, 3.63) is 35.4 Å². The number of benzene rings is 1. The fourth-order valence-corrected chi connectivity index (χ4v) is 1.76. The minimum Gasteiger partial charge on any atom is -0.409 e. The van der Waals surface area contributed by atoms with Crippen molar-refractivity contribution in [2.75, 3.05) is 6.54 Å². The van der Waals surface area contributed by atoms with Gasteiger partial charge in [-0.15, -0.1) is 0 Å². The Balaban J connectivity index is 2.60. The van der Waals surface area contributed by atoms with Crippen molar-refractivity contribution in [3.63, 3.8) is 0 Å². The zero-order valence-electron chi connectivity index (χ0n) is 11.4. The SMILES string of the molecule is Cc1ccc(CN(CC/C(N)=N/O)C(C)C)cc1. The molecule has 18 heavy (non-hydrogen) atoms. The van der Waals surface area contributed by atoms with E-state index in [1.807, 2.05) is 0 Å². The van der Waals surface area contributed by atoms with Crippen LogP contribution in [0.1, 0.15) is 31.4 Å². The largest absolute Gasteiger partial charge is 0.409 e. The van der Waals surface area contributed by atoms with Crippen LogP contribution in [0.25, 0.3) is 0 Å². The normalized spacial score (nSPS) is 12.4. The summed E-state index contributed by atoms with van der Waals surface area (Å²) < 4.78 is 0. The Morgan fingerprint density at radius 3 is 2.44 bits per heavy atom. The number of aryl methyl sites for hydroxylation is 1. The zero-order chi connectivity index (χ0) is 13.5. The van der Waals surface area contributed by atoms with E-state index in [4.69, 9.17) is 10.9 Å². The van der Waals surface area contributed by atoms with Crippen LogP contribution in [0.5, 0.6) is 0 Å². The van der Waals surface area contributed by atoms with Crippen LogP contribution < -0.4 is 5.73 Å². The van der Waals surface area contributed by atoms with Crippen LogP contribution in [-0.2, 0) is 6.54 Å². The summed E-state index contributed by atoms with van der Waals surface area (Å²) in [6.45, 7) is 8.07. The van der Waals surface area contributed by atoms with Gasteiger partial charge in [-0.05, 0) is 26.3 Å². The lowest BCUT2D eigenvalue weighted by atomic mass is 10.1. The lowest BCUT2D eigenvalue weighted by Crippen LogP contribution is -2.33. The molecule has 4 heteroatoms. The average molecular weight is 249 g/mol. The summed E-state index contributed by atoms with van der Waals surface area (Å²) in [7, 11) is 0. The van der Waals surface area contributed by atoms with Gasteiger partial charge in [0, 0.05) is 25.6 Å². The lowest BCUT2D eigenvalue weighted by molar-refractivity contribution is 0.218. The summed E-state index contributed by atoms with van der Waals surface area (Å²) in [5, 5.41) is 11.6. The number of nitrogens with two attached hydrogens (primary N) is 1. The molecule has 1 rings (SSSR count). The van der Waals surface area contributed by atoms with E-state index in [0.29, 0.717) is 12.5 Å². The van der Waals surface area contributed by atoms with E-state index >= 15 is 0 Å². The first kappa shape index (κ1) is 14.5. The van der Waals surface area contributed by atoms with Crippen LogP contribution >= 0.6 is 0 Å². The van der Waals surface area contributed by atoms with E-state index < -0.39 is 0 Å². The van der Waals surface area contributed by atoms with E-state index in [9.17, 15) is 0 Å². The first-order valence-corrected chi connectivity index (χ1v) is 6.29. The molecule has 0 fully saturated rings. The van der Waals surface area contributed by atoms with Crippen molar-refractivity contribution in [2.24, 2.45) is 10.9 Å². The van der Waals surface area contributed by atoms with Gasteiger partial charge in [-0.25, -0.2) is 0 Å². The Bertz CT molecular complexity index is 385. The monoisotopic (exact) mass is 249 g/mol. The predicted octanol–water partition coefficient (Wildman–Crippen LogP) is 2.34. The van der Waals surface area contributed by atoms with Crippen LogP contribution in [0.2, 0.25) is 0 Å². The molecule has 0 amide bonds. The van der Waals surface area contributed by atoms with Crippen LogP contribution in [-0.4, -0.2) is 28.5 Å². The molecular weight excluding hydrogens is 226 g/mol. The first-order valence-electron chi connectivity index (χ1n) is 6.29. The van der Waals surface area contributed by atoms with Gasteiger partial charge in [-0.2, -0.15) is 0 Å². The standard InChI is InChI=1S/C14H23N3O/c1-11(2)17(9-8-14(15)16-18)10-13-6-4-12(3)5-7-13/h4-7,11,18H,8-10H2,1-3H3,(H2,15,16). The molecule has 100 valence electrons. The number of hydrogen-bond donors (Lipinski definition) is 2. The number of oxime groups is 1. The van der Waals surface area contributed by atoms with Gasteiger partial charge in [-0.1, -0.05) is 35.0 Å². The highest BCUT2D eigenvalue weighted by atomic mass is 16.4. The minimum atomic E-state index is 0.282. The topological polar surface area (TPSA) is 61.8 Å². The second-order valence-electron chi connectivity index (χ2n) is 4.89. The molecule has 0 bridgehead atoms. The second-order valence-corrected chi connectivity index (χ2v) is 4.89. The Morgan fingerprint density at radius 2 is 1.94 bits per heavy atom. The van der Waals surface area contributed by atoms with Gasteiger partial charge in [-0.3, -0.25) is 4.90 Å². The summed E-state index contributed by atoms with van der Waals surface area (Å²) in [6.07, 6.45) is 0.584. The van der Waals surface area contributed by atoms with Gasteiger partial charge in [0.15, 0.2) is 0 Å². The van der Waals surface area contributed by atoms with Gasteiger partial charge in [0.1, 0.15) is 5.84 Å². The van der Waals surface area contributed by atoms with Gasteiger partial charge in [0.25, 0.3) is 0 Å². The summed E-state index contributed by atoms with van der Waals surface area (Å²) >= 11 is 0. The Kier molecular flexibility index (Phi) is 5.65. The molecule has 1 aromatic carbocycles. The maximum Gasteiger partial charge on any atom is 0.140 e. The van der Waals surface area contributed by atoms with Crippen LogP contribution in [0.4, 0.5) is 0 Å². The lowest BCUT2D eigenvalue weighted by Gasteiger charge is -2.26.